The Morgan fingerprint density at radius 2 is 1.74 bits per heavy atom. The fraction of sp³-hybridized carbons (Fsp3) is 0.433. The molecule has 1 fully saturated rings. The number of carbonyl (C=O) groups excluding carboxylic acids is 3. The number of amides is 1. The van der Waals surface area contributed by atoms with Crippen LogP contribution in [0.15, 0.2) is 54.2 Å². The Labute approximate surface area is 246 Å². The lowest BCUT2D eigenvalue weighted by atomic mass is 10.1. The quantitative estimate of drug-likeness (QED) is 0.164. The number of nitrogens with one attached hydrogen (secondary N) is 2. The van der Waals surface area contributed by atoms with Gasteiger partial charge in [0.25, 0.3) is 5.79 Å². The zero-order valence-corrected chi connectivity index (χ0v) is 26.0. The Morgan fingerprint density at radius 1 is 1.07 bits per heavy atom. The van der Waals surface area contributed by atoms with Crippen molar-refractivity contribution in [1.29, 1.82) is 0 Å². The van der Waals surface area contributed by atoms with Crippen LogP contribution >= 0.6 is 0 Å². The van der Waals surface area contributed by atoms with E-state index in [1.165, 1.54) is 20.0 Å². The van der Waals surface area contributed by atoms with Crippen LogP contribution in [-0.4, -0.2) is 45.5 Å². The molecule has 2 aliphatic heterocycles. The van der Waals surface area contributed by atoms with E-state index in [2.05, 4.69) is 44.5 Å². The van der Waals surface area contributed by atoms with Gasteiger partial charge in [0.1, 0.15) is 6.61 Å². The van der Waals surface area contributed by atoms with Gasteiger partial charge in [-0.15, -0.1) is 0 Å². The summed E-state index contributed by atoms with van der Waals surface area (Å²) < 4.78 is 33.8. The molecule has 1 atom stereocenters. The molecular weight excluding hydrogens is 560 g/mol. The summed E-state index contributed by atoms with van der Waals surface area (Å²) in [4.78, 5) is 37.5. The van der Waals surface area contributed by atoms with E-state index in [0.29, 0.717) is 22.7 Å². The number of esters is 2. The molecule has 226 valence electrons. The maximum absolute atomic E-state index is 12.6. The third kappa shape index (κ3) is 7.42. The van der Waals surface area contributed by atoms with Gasteiger partial charge in [-0.1, -0.05) is 51.1 Å². The number of carbonyl (C=O) groups is 3. The molecule has 1 saturated heterocycles. The van der Waals surface area contributed by atoms with Gasteiger partial charge in [-0.3, -0.25) is 0 Å². The second kappa shape index (κ2) is 12.1. The Kier molecular flexibility index (Phi) is 8.88. The Bertz CT molecular complexity index is 1340. The third-order valence-corrected chi connectivity index (χ3v) is 11.7. The summed E-state index contributed by atoms with van der Waals surface area (Å²) in [5, 5.41) is 5.68. The van der Waals surface area contributed by atoms with Crippen molar-refractivity contribution >= 4 is 32.0 Å². The van der Waals surface area contributed by atoms with Gasteiger partial charge in [0.2, 0.25) is 6.79 Å². The van der Waals surface area contributed by atoms with Gasteiger partial charge in [-0.2, -0.15) is 0 Å². The van der Waals surface area contributed by atoms with E-state index in [0.717, 1.165) is 5.56 Å². The first-order valence-corrected chi connectivity index (χ1v) is 16.6. The summed E-state index contributed by atoms with van der Waals surface area (Å²) in [6.07, 6.45) is 0.0520. The number of hydrogen-bond donors (Lipinski definition) is 2. The van der Waals surface area contributed by atoms with Crippen molar-refractivity contribution in [2.24, 2.45) is 0 Å². The second-order valence-corrected chi connectivity index (χ2v) is 16.7. The van der Waals surface area contributed by atoms with Crippen LogP contribution < -0.4 is 20.1 Å². The smallest absolute Gasteiger partial charge is 0.407 e. The molecule has 2 aliphatic rings. The van der Waals surface area contributed by atoms with E-state index in [1.54, 1.807) is 12.1 Å². The second-order valence-electron chi connectivity index (χ2n) is 12.0. The van der Waals surface area contributed by atoms with Crippen molar-refractivity contribution in [3.05, 3.63) is 65.4 Å². The summed E-state index contributed by atoms with van der Waals surface area (Å²) in [5.41, 5.74) is 1.68. The van der Waals surface area contributed by atoms with Crippen LogP contribution in [0.2, 0.25) is 18.1 Å². The van der Waals surface area contributed by atoms with Gasteiger partial charge < -0.3 is 38.7 Å². The first-order chi connectivity index (χ1) is 19.6. The Balaban J connectivity index is 1.59. The Hall–Kier alpha value is -4.03. The highest BCUT2D eigenvalue weighted by molar-refractivity contribution is 6.74. The third-order valence-electron chi connectivity index (χ3n) is 7.24. The molecular formula is C30H38N2O9Si. The predicted octanol–water partition coefficient (Wildman–Crippen LogP) is 5.54. The summed E-state index contributed by atoms with van der Waals surface area (Å²) in [5.74, 6) is -2.14. The largest absolute Gasteiger partial charge is 0.453 e. The summed E-state index contributed by atoms with van der Waals surface area (Å²) in [7, 11) is -2.33. The van der Waals surface area contributed by atoms with Crippen LogP contribution in [0.4, 0.5) is 10.5 Å². The molecule has 2 N–H and O–H groups in total. The molecule has 1 amide bonds. The molecule has 11 nitrogen and oxygen atoms in total. The zero-order chi connectivity index (χ0) is 30.7. The van der Waals surface area contributed by atoms with Crippen LogP contribution in [0.3, 0.4) is 0 Å². The van der Waals surface area contributed by atoms with E-state index in [9.17, 15) is 14.4 Å². The molecule has 0 saturated carbocycles. The molecule has 0 spiro atoms. The van der Waals surface area contributed by atoms with E-state index < -0.39 is 38.2 Å². The van der Waals surface area contributed by atoms with Gasteiger partial charge in [-0.25, -0.2) is 14.4 Å². The highest BCUT2D eigenvalue weighted by atomic mass is 28.4. The molecule has 0 aromatic heterocycles. The predicted molar refractivity (Wildman–Crippen MR) is 156 cm³/mol. The minimum atomic E-state index is -2.33. The molecule has 1 unspecified atom stereocenters. The summed E-state index contributed by atoms with van der Waals surface area (Å²) in [6.45, 7) is 13.8. The summed E-state index contributed by atoms with van der Waals surface area (Å²) in [6, 6.07) is 13.0. The zero-order valence-electron chi connectivity index (χ0n) is 25.0. The van der Waals surface area contributed by atoms with Gasteiger partial charge >= 0.3 is 18.0 Å². The maximum atomic E-state index is 12.6. The molecule has 2 aromatic rings. The van der Waals surface area contributed by atoms with Crippen molar-refractivity contribution in [3.63, 3.8) is 0 Å². The normalized spacial score (nSPS) is 16.7. The van der Waals surface area contributed by atoms with E-state index in [4.69, 9.17) is 28.1 Å². The molecule has 0 aliphatic carbocycles. The molecule has 0 radical (unpaired) electrons. The molecule has 2 heterocycles. The monoisotopic (exact) mass is 598 g/mol. The number of cyclic esters (lactones) is 2. The number of fused-ring (bicyclic) bond motifs is 1. The molecule has 0 bridgehead atoms. The van der Waals surface area contributed by atoms with Crippen LogP contribution in [0.25, 0.3) is 0 Å². The lowest BCUT2D eigenvalue weighted by Gasteiger charge is -2.39. The number of benzene rings is 2. The lowest BCUT2D eigenvalue weighted by molar-refractivity contribution is -0.222. The van der Waals surface area contributed by atoms with E-state index in [1.807, 2.05) is 30.3 Å². The molecule has 2 aromatic carbocycles. The highest BCUT2D eigenvalue weighted by Gasteiger charge is 2.41. The Morgan fingerprint density at radius 3 is 2.38 bits per heavy atom. The van der Waals surface area contributed by atoms with E-state index >= 15 is 0 Å². The summed E-state index contributed by atoms with van der Waals surface area (Å²) >= 11 is 0. The molecule has 4 rings (SSSR count). The van der Waals surface area contributed by atoms with E-state index in [-0.39, 0.29) is 30.6 Å². The van der Waals surface area contributed by atoms with Crippen molar-refractivity contribution < 1.29 is 42.5 Å². The topological polar surface area (TPSA) is 131 Å². The van der Waals surface area contributed by atoms with Crippen LogP contribution in [0.1, 0.15) is 51.8 Å². The minimum absolute atomic E-state index is 0.0138. The molecule has 42 heavy (non-hydrogen) atoms. The number of alkyl carbamates (subject to hydrolysis) is 1. The maximum Gasteiger partial charge on any atom is 0.407 e. The fourth-order valence-electron chi connectivity index (χ4n) is 3.96. The van der Waals surface area contributed by atoms with Crippen molar-refractivity contribution in [1.82, 2.24) is 5.32 Å². The van der Waals surface area contributed by atoms with Crippen molar-refractivity contribution in [2.75, 3.05) is 18.7 Å². The van der Waals surface area contributed by atoms with Crippen LogP contribution in [0, 0.1) is 0 Å². The standard InChI is InChI=1S/C30H38N2O9Si/c1-29(2,3)42(6,7)41-24(16-32-28(35)36-17-19-11-9-8-10-12-19)20-13-22(25-23(14-20)37-18-38-25)31-15-21-26(33)39-30(4,5)40-27(21)34/h8-15,24,31H,16-18H2,1-7H3,(H,32,35). The lowest BCUT2D eigenvalue weighted by Crippen LogP contribution is -2.44. The SMILES string of the molecule is CC1(C)OC(=O)C(=CNc2cc(C(CNC(=O)OCc3ccccc3)O[Si](C)(C)C(C)(C)C)cc3c2OCO3)C(=O)O1. The molecule has 12 heteroatoms. The highest BCUT2D eigenvalue weighted by Crippen LogP contribution is 2.45. The van der Waals surface area contributed by atoms with Crippen molar-refractivity contribution in [2.45, 2.75) is 71.2 Å². The average Bonchev–Trinajstić information content (AvgIpc) is 3.37. The number of hydrogen-bond acceptors (Lipinski definition) is 10. The number of anilines is 1. The van der Waals surface area contributed by atoms with Gasteiger partial charge in [-0.05, 0) is 41.4 Å². The first-order valence-electron chi connectivity index (χ1n) is 13.6. The average molecular weight is 599 g/mol. The van der Waals surface area contributed by atoms with Crippen LogP contribution in [0.5, 0.6) is 11.5 Å². The van der Waals surface area contributed by atoms with Gasteiger partial charge in [0.05, 0.1) is 18.3 Å². The minimum Gasteiger partial charge on any atom is -0.453 e. The number of rotatable bonds is 9. The first kappa shape index (κ1) is 30.9. The van der Waals surface area contributed by atoms with Crippen molar-refractivity contribution in [3.8, 4) is 11.5 Å². The van der Waals surface area contributed by atoms with Gasteiger partial charge in [0.15, 0.2) is 25.4 Å². The number of ether oxygens (including phenoxy) is 5. The van der Waals surface area contributed by atoms with Gasteiger partial charge in [0, 0.05) is 20.0 Å². The fourth-order valence-corrected chi connectivity index (χ4v) is 5.25. The van der Waals surface area contributed by atoms with Crippen LogP contribution in [-0.2, 0) is 34.8 Å².